The number of amides is 2. The Morgan fingerprint density at radius 3 is 2.42 bits per heavy atom. The number of urea groups is 1. The quantitative estimate of drug-likeness (QED) is 0.864. The highest BCUT2D eigenvalue weighted by Crippen LogP contribution is 2.15. The fraction of sp³-hybridized carbons (Fsp3) is 0.417. The molecule has 0 unspecified atom stereocenters. The monoisotopic (exact) mass is 275 g/mol. The minimum atomic E-state index is -4.42. The highest BCUT2D eigenvalue weighted by molar-refractivity contribution is 5.91. The van der Waals surface area contributed by atoms with Gasteiger partial charge in [0.2, 0.25) is 0 Å². The number of benzene rings is 1. The zero-order valence-electron chi connectivity index (χ0n) is 10.3. The Kier molecular flexibility index (Phi) is 5.62. The van der Waals surface area contributed by atoms with Gasteiger partial charge in [-0.2, -0.15) is 13.2 Å². The van der Waals surface area contributed by atoms with Crippen LogP contribution in [0.4, 0.5) is 23.7 Å². The molecule has 0 aromatic heterocycles. The summed E-state index contributed by atoms with van der Waals surface area (Å²) in [6, 6.07) is 7.71. The predicted molar refractivity (Wildman–Crippen MR) is 66.9 cm³/mol. The van der Waals surface area contributed by atoms with Crippen LogP contribution < -0.4 is 16.0 Å². The predicted octanol–water partition coefficient (Wildman–Crippen LogP) is 2.11. The Morgan fingerprint density at radius 2 is 1.89 bits per heavy atom. The number of alkyl halides is 3. The van der Waals surface area contributed by atoms with Gasteiger partial charge in [-0.25, -0.2) is 4.79 Å². The molecular formula is C12H16F3N3O. The summed E-state index contributed by atoms with van der Waals surface area (Å²) in [6.45, 7) is -0.724. The van der Waals surface area contributed by atoms with Gasteiger partial charge in [-0.3, -0.25) is 4.90 Å². The van der Waals surface area contributed by atoms with Crippen LogP contribution in [0.25, 0.3) is 0 Å². The van der Waals surface area contributed by atoms with Gasteiger partial charge in [0.05, 0.1) is 0 Å². The van der Waals surface area contributed by atoms with Gasteiger partial charge in [0.1, 0.15) is 6.54 Å². The minimum absolute atomic E-state index is 0.268. The van der Waals surface area contributed by atoms with Crippen molar-refractivity contribution in [3.63, 3.8) is 0 Å². The van der Waals surface area contributed by atoms with Crippen molar-refractivity contribution in [3.8, 4) is 0 Å². The topological polar surface area (TPSA) is 58.4 Å². The zero-order valence-corrected chi connectivity index (χ0v) is 10.3. The third kappa shape index (κ3) is 5.60. The van der Waals surface area contributed by atoms with E-state index in [0.717, 1.165) is 0 Å². The second-order valence-electron chi connectivity index (χ2n) is 3.90. The normalized spacial score (nSPS) is 11.2. The van der Waals surface area contributed by atoms with E-state index in [1.54, 1.807) is 30.3 Å². The number of hydrogen-bond donors (Lipinski definition) is 2. The van der Waals surface area contributed by atoms with Crippen molar-refractivity contribution in [1.29, 1.82) is 0 Å². The number of rotatable bonds is 5. The third-order valence-electron chi connectivity index (χ3n) is 2.34. The molecule has 0 radical (unpaired) electrons. The molecule has 1 rings (SSSR count). The summed E-state index contributed by atoms with van der Waals surface area (Å²) in [5, 5.41) is 1.85. The van der Waals surface area contributed by atoms with Crippen molar-refractivity contribution in [3.05, 3.63) is 30.3 Å². The summed E-state index contributed by atoms with van der Waals surface area (Å²) >= 11 is 0. The van der Waals surface area contributed by atoms with Gasteiger partial charge in [0.25, 0.3) is 0 Å². The first kappa shape index (κ1) is 15.3. The molecule has 19 heavy (non-hydrogen) atoms. The molecular weight excluding hydrogens is 259 g/mol. The average Bonchev–Trinajstić information content (AvgIpc) is 2.37. The highest BCUT2D eigenvalue weighted by Gasteiger charge is 2.29. The van der Waals surface area contributed by atoms with Crippen molar-refractivity contribution in [2.75, 3.05) is 24.5 Å². The van der Waals surface area contributed by atoms with E-state index in [2.05, 4.69) is 0 Å². The van der Waals surface area contributed by atoms with E-state index in [1.165, 1.54) is 4.90 Å². The second kappa shape index (κ2) is 6.98. The number of para-hydroxylation sites is 1. The smallest absolute Gasteiger partial charge is 0.330 e. The van der Waals surface area contributed by atoms with E-state index in [0.29, 0.717) is 18.7 Å². The van der Waals surface area contributed by atoms with Crippen LogP contribution in [-0.2, 0) is 0 Å². The summed E-state index contributed by atoms with van der Waals surface area (Å²) in [5.41, 5.74) is 5.90. The molecule has 1 aromatic carbocycles. The summed E-state index contributed by atoms with van der Waals surface area (Å²) < 4.78 is 36.2. The largest absolute Gasteiger partial charge is 0.405 e. The Bertz CT molecular complexity index is 395. The summed E-state index contributed by atoms with van der Waals surface area (Å²) in [5.74, 6) is 0. The lowest BCUT2D eigenvalue weighted by Crippen LogP contribution is -2.44. The number of carbonyl (C=O) groups excluding carboxylic acids is 1. The molecule has 0 spiro atoms. The van der Waals surface area contributed by atoms with Crippen LogP contribution in [0.15, 0.2) is 30.3 Å². The Morgan fingerprint density at radius 1 is 1.26 bits per heavy atom. The van der Waals surface area contributed by atoms with Crippen molar-refractivity contribution in [2.24, 2.45) is 5.73 Å². The van der Waals surface area contributed by atoms with E-state index in [1.807, 2.05) is 5.32 Å². The first-order valence-corrected chi connectivity index (χ1v) is 5.81. The van der Waals surface area contributed by atoms with Crippen molar-refractivity contribution >= 4 is 11.7 Å². The van der Waals surface area contributed by atoms with Crippen LogP contribution in [0, 0.1) is 0 Å². The van der Waals surface area contributed by atoms with Crippen LogP contribution >= 0.6 is 0 Å². The van der Waals surface area contributed by atoms with E-state index in [9.17, 15) is 18.0 Å². The van der Waals surface area contributed by atoms with Gasteiger partial charge < -0.3 is 11.1 Å². The average molecular weight is 275 g/mol. The van der Waals surface area contributed by atoms with E-state index in [4.69, 9.17) is 5.73 Å². The van der Waals surface area contributed by atoms with Gasteiger partial charge in [0.15, 0.2) is 0 Å². The third-order valence-corrected chi connectivity index (χ3v) is 2.34. The Balaban J connectivity index is 2.71. The van der Waals surface area contributed by atoms with Crippen LogP contribution in [0.2, 0.25) is 0 Å². The minimum Gasteiger partial charge on any atom is -0.330 e. The maximum absolute atomic E-state index is 12.1. The molecule has 0 aliphatic carbocycles. The molecule has 0 aliphatic rings. The van der Waals surface area contributed by atoms with Gasteiger partial charge in [0, 0.05) is 12.2 Å². The van der Waals surface area contributed by atoms with Crippen molar-refractivity contribution in [1.82, 2.24) is 5.32 Å². The van der Waals surface area contributed by atoms with Gasteiger partial charge in [-0.15, -0.1) is 0 Å². The number of halogens is 3. The standard InChI is InChI=1S/C12H16F3N3O/c13-12(14,15)9-17-11(19)18(8-4-7-16)10-5-2-1-3-6-10/h1-3,5-6H,4,7-9,16H2,(H,17,19). The second-order valence-corrected chi connectivity index (χ2v) is 3.90. The van der Waals surface area contributed by atoms with E-state index in [-0.39, 0.29) is 6.54 Å². The molecule has 0 aliphatic heterocycles. The maximum Gasteiger partial charge on any atom is 0.405 e. The fourth-order valence-corrected chi connectivity index (χ4v) is 1.48. The number of anilines is 1. The first-order valence-electron chi connectivity index (χ1n) is 5.81. The van der Waals surface area contributed by atoms with Gasteiger partial charge in [-0.05, 0) is 25.1 Å². The molecule has 2 amide bonds. The maximum atomic E-state index is 12.1. The van der Waals surface area contributed by atoms with Gasteiger partial charge in [-0.1, -0.05) is 18.2 Å². The number of nitrogens with two attached hydrogens (primary N) is 1. The summed E-state index contributed by atoms with van der Waals surface area (Å²) in [7, 11) is 0. The lowest BCUT2D eigenvalue weighted by atomic mass is 10.2. The lowest BCUT2D eigenvalue weighted by Gasteiger charge is -2.23. The molecule has 106 valence electrons. The summed E-state index contributed by atoms with van der Waals surface area (Å²) in [4.78, 5) is 13.0. The summed E-state index contributed by atoms with van der Waals surface area (Å²) in [6.07, 6.45) is -3.92. The fourth-order valence-electron chi connectivity index (χ4n) is 1.48. The molecule has 1 aromatic rings. The first-order chi connectivity index (χ1) is 8.94. The van der Waals surface area contributed by atoms with Crippen molar-refractivity contribution in [2.45, 2.75) is 12.6 Å². The van der Waals surface area contributed by atoms with E-state index < -0.39 is 18.8 Å². The van der Waals surface area contributed by atoms with E-state index >= 15 is 0 Å². The number of hydrogen-bond acceptors (Lipinski definition) is 2. The van der Waals surface area contributed by atoms with Crippen LogP contribution in [0.5, 0.6) is 0 Å². The van der Waals surface area contributed by atoms with Crippen molar-refractivity contribution < 1.29 is 18.0 Å². The molecule has 7 heteroatoms. The molecule has 3 N–H and O–H groups in total. The van der Waals surface area contributed by atoms with Crippen LogP contribution in [0.1, 0.15) is 6.42 Å². The van der Waals surface area contributed by atoms with Gasteiger partial charge >= 0.3 is 12.2 Å². The Labute approximate surface area is 109 Å². The van der Waals surface area contributed by atoms with Crippen LogP contribution in [-0.4, -0.2) is 31.8 Å². The molecule has 0 atom stereocenters. The molecule has 0 fully saturated rings. The molecule has 0 heterocycles. The number of carbonyl (C=O) groups is 1. The molecule has 0 saturated carbocycles. The van der Waals surface area contributed by atoms with Crippen LogP contribution in [0.3, 0.4) is 0 Å². The lowest BCUT2D eigenvalue weighted by molar-refractivity contribution is -0.122. The number of nitrogens with zero attached hydrogens (tertiary/aromatic N) is 1. The molecule has 4 nitrogen and oxygen atoms in total. The molecule has 0 bridgehead atoms. The Hall–Kier alpha value is -1.76. The zero-order chi connectivity index (χ0) is 14.3. The highest BCUT2D eigenvalue weighted by atomic mass is 19.4. The SMILES string of the molecule is NCCCN(C(=O)NCC(F)(F)F)c1ccccc1. The molecule has 0 saturated heterocycles. The number of nitrogens with one attached hydrogen (secondary N) is 1.